The summed E-state index contributed by atoms with van der Waals surface area (Å²) in [5.74, 6) is 0. The van der Waals surface area contributed by atoms with Crippen molar-refractivity contribution >= 4 is 17.4 Å². The molecule has 1 fully saturated rings. The lowest BCUT2D eigenvalue weighted by Crippen LogP contribution is -2.43. The minimum absolute atomic E-state index is 0.104. The third kappa shape index (κ3) is 3.19. The number of urea groups is 1. The molecule has 7 heteroatoms. The molecule has 1 aliphatic heterocycles. The molecule has 1 heterocycles. The Labute approximate surface area is 110 Å². The first-order valence-corrected chi connectivity index (χ1v) is 5.96. The smallest absolute Gasteiger partial charge is 0.322 e. The van der Waals surface area contributed by atoms with Gasteiger partial charge in [0.2, 0.25) is 0 Å². The molecule has 0 radical (unpaired) electrons. The zero-order chi connectivity index (χ0) is 13.8. The van der Waals surface area contributed by atoms with Crippen LogP contribution in [-0.4, -0.2) is 42.2 Å². The first-order valence-electron chi connectivity index (χ1n) is 5.96. The topological polar surface area (TPSA) is 84.7 Å². The molecular weight excluding hydrogens is 250 g/mol. The van der Waals surface area contributed by atoms with Gasteiger partial charge >= 0.3 is 6.03 Å². The fourth-order valence-corrected chi connectivity index (χ4v) is 1.87. The minimum atomic E-state index is -0.506. The van der Waals surface area contributed by atoms with Crippen LogP contribution in [0.3, 0.4) is 0 Å². The van der Waals surface area contributed by atoms with Crippen molar-refractivity contribution in [3.63, 3.8) is 0 Å². The molecule has 0 bridgehead atoms. The zero-order valence-corrected chi connectivity index (χ0v) is 10.6. The van der Waals surface area contributed by atoms with Crippen LogP contribution in [0.1, 0.15) is 5.56 Å². The first-order chi connectivity index (χ1) is 9.08. The molecular formula is C12H15N3O4. The van der Waals surface area contributed by atoms with Crippen molar-refractivity contribution in [3.8, 4) is 0 Å². The van der Waals surface area contributed by atoms with Crippen molar-refractivity contribution in [1.82, 2.24) is 4.90 Å². The van der Waals surface area contributed by atoms with Gasteiger partial charge in [0.1, 0.15) is 5.69 Å². The van der Waals surface area contributed by atoms with Crippen LogP contribution in [0.15, 0.2) is 18.2 Å². The van der Waals surface area contributed by atoms with Gasteiger partial charge in [0.25, 0.3) is 5.69 Å². The van der Waals surface area contributed by atoms with Gasteiger partial charge in [-0.05, 0) is 18.6 Å². The van der Waals surface area contributed by atoms with Crippen molar-refractivity contribution in [2.45, 2.75) is 6.92 Å². The second-order valence-electron chi connectivity index (χ2n) is 4.31. The molecule has 0 spiro atoms. The molecule has 1 N–H and O–H groups in total. The quantitative estimate of drug-likeness (QED) is 0.652. The van der Waals surface area contributed by atoms with Crippen molar-refractivity contribution in [1.29, 1.82) is 0 Å². The number of ether oxygens (including phenoxy) is 1. The molecule has 0 atom stereocenters. The minimum Gasteiger partial charge on any atom is -0.378 e. The van der Waals surface area contributed by atoms with Crippen molar-refractivity contribution in [3.05, 3.63) is 33.9 Å². The molecule has 1 aromatic rings. The molecule has 2 rings (SSSR count). The van der Waals surface area contributed by atoms with Gasteiger partial charge in [-0.15, -0.1) is 0 Å². The van der Waals surface area contributed by atoms with Crippen molar-refractivity contribution in [2.75, 3.05) is 31.6 Å². The van der Waals surface area contributed by atoms with Crippen molar-refractivity contribution < 1.29 is 14.5 Å². The number of carbonyl (C=O) groups is 1. The van der Waals surface area contributed by atoms with Gasteiger partial charge in [-0.1, -0.05) is 6.07 Å². The Morgan fingerprint density at radius 2 is 2.11 bits per heavy atom. The lowest BCUT2D eigenvalue weighted by molar-refractivity contribution is -0.383. The number of nitro benzene ring substituents is 1. The van der Waals surface area contributed by atoms with Gasteiger partial charge < -0.3 is 15.0 Å². The predicted molar refractivity (Wildman–Crippen MR) is 69.2 cm³/mol. The van der Waals surface area contributed by atoms with E-state index in [1.165, 1.54) is 6.07 Å². The number of rotatable bonds is 2. The Bertz CT molecular complexity index is 498. The number of benzene rings is 1. The van der Waals surface area contributed by atoms with Crippen LogP contribution < -0.4 is 5.32 Å². The summed E-state index contributed by atoms with van der Waals surface area (Å²) >= 11 is 0. The summed E-state index contributed by atoms with van der Waals surface area (Å²) in [5.41, 5.74) is 0.969. The fraction of sp³-hybridized carbons (Fsp3) is 0.417. The van der Waals surface area contributed by atoms with E-state index in [-0.39, 0.29) is 17.4 Å². The number of anilines is 1. The number of amides is 2. The van der Waals surface area contributed by atoms with Gasteiger partial charge in [0.05, 0.1) is 18.1 Å². The maximum Gasteiger partial charge on any atom is 0.322 e. The summed E-state index contributed by atoms with van der Waals surface area (Å²) in [5, 5.41) is 13.5. The first kappa shape index (κ1) is 13.3. The summed E-state index contributed by atoms with van der Waals surface area (Å²) in [6.07, 6.45) is 0. The van der Waals surface area contributed by atoms with E-state index in [1.807, 2.05) is 6.92 Å². The van der Waals surface area contributed by atoms with Gasteiger partial charge in [0, 0.05) is 19.2 Å². The van der Waals surface area contributed by atoms with E-state index in [1.54, 1.807) is 17.0 Å². The Morgan fingerprint density at radius 1 is 1.42 bits per heavy atom. The van der Waals surface area contributed by atoms with Gasteiger partial charge in [-0.25, -0.2) is 4.79 Å². The molecule has 0 aliphatic carbocycles. The van der Waals surface area contributed by atoms with Crippen molar-refractivity contribution in [2.24, 2.45) is 0 Å². The Morgan fingerprint density at radius 3 is 2.74 bits per heavy atom. The maximum absolute atomic E-state index is 12.0. The van der Waals surface area contributed by atoms with Gasteiger partial charge in [0.15, 0.2) is 0 Å². The van der Waals surface area contributed by atoms with E-state index < -0.39 is 4.92 Å². The Kier molecular flexibility index (Phi) is 3.96. The zero-order valence-electron chi connectivity index (χ0n) is 10.6. The highest BCUT2D eigenvalue weighted by atomic mass is 16.6. The van der Waals surface area contributed by atoms with E-state index >= 15 is 0 Å². The van der Waals surface area contributed by atoms with Gasteiger partial charge in [-0.3, -0.25) is 10.1 Å². The Balaban J connectivity index is 2.15. The summed E-state index contributed by atoms with van der Waals surface area (Å²) in [4.78, 5) is 24.0. The summed E-state index contributed by atoms with van der Waals surface area (Å²) in [6, 6.07) is 4.29. The number of nitrogens with zero attached hydrogens (tertiary/aromatic N) is 2. The highest BCUT2D eigenvalue weighted by Crippen LogP contribution is 2.25. The third-order valence-electron chi connectivity index (χ3n) is 2.89. The number of hydrogen-bond acceptors (Lipinski definition) is 4. The van der Waals surface area contributed by atoms with Gasteiger partial charge in [-0.2, -0.15) is 0 Å². The summed E-state index contributed by atoms with van der Waals surface area (Å²) in [6.45, 7) is 3.78. The molecule has 1 aliphatic rings. The molecule has 0 unspecified atom stereocenters. The number of carbonyl (C=O) groups excluding carboxylic acids is 1. The second-order valence-corrected chi connectivity index (χ2v) is 4.31. The van der Waals surface area contributed by atoms with Crippen LogP contribution in [0.4, 0.5) is 16.2 Å². The number of aryl methyl sites for hydroxylation is 1. The predicted octanol–water partition coefficient (Wildman–Crippen LogP) is 1.77. The number of nitro groups is 1. The fourth-order valence-electron chi connectivity index (χ4n) is 1.87. The average molecular weight is 265 g/mol. The largest absolute Gasteiger partial charge is 0.378 e. The van der Waals surface area contributed by atoms with E-state index in [0.717, 1.165) is 5.56 Å². The van der Waals surface area contributed by atoms with Crippen LogP contribution in [0.25, 0.3) is 0 Å². The van der Waals surface area contributed by atoms with Crippen LogP contribution in [0.5, 0.6) is 0 Å². The summed E-state index contributed by atoms with van der Waals surface area (Å²) in [7, 11) is 0. The lowest BCUT2D eigenvalue weighted by Gasteiger charge is -2.26. The average Bonchev–Trinajstić information content (AvgIpc) is 2.39. The highest BCUT2D eigenvalue weighted by Gasteiger charge is 2.20. The van der Waals surface area contributed by atoms with E-state index in [4.69, 9.17) is 4.74 Å². The van der Waals surface area contributed by atoms with E-state index in [9.17, 15) is 14.9 Å². The second kappa shape index (κ2) is 5.66. The normalized spacial score (nSPS) is 15.1. The number of morpholine rings is 1. The van der Waals surface area contributed by atoms with Crippen LogP contribution >= 0.6 is 0 Å². The van der Waals surface area contributed by atoms with Crippen LogP contribution in [-0.2, 0) is 4.74 Å². The molecule has 7 nitrogen and oxygen atoms in total. The van der Waals surface area contributed by atoms with Crippen LogP contribution in [0.2, 0.25) is 0 Å². The van der Waals surface area contributed by atoms with E-state index in [2.05, 4.69) is 5.32 Å². The molecule has 0 aromatic heterocycles. The molecule has 2 amide bonds. The van der Waals surface area contributed by atoms with Crippen LogP contribution in [0, 0.1) is 17.0 Å². The molecule has 0 saturated carbocycles. The molecule has 1 aromatic carbocycles. The molecule has 102 valence electrons. The number of nitrogens with one attached hydrogen (secondary N) is 1. The van der Waals surface area contributed by atoms with E-state index in [0.29, 0.717) is 26.3 Å². The standard InChI is InChI=1S/C12H15N3O4/c1-9-2-3-11(15(17)18)10(8-9)13-12(16)14-4-6-19-7-5-14/h2-3,8H,4-7H2,1H3,(H,13,16). The Hall–Kier alpha value is -2.15. The highest BCUT2D eigenvalue weighted by molar-refractivity contribution is 5.92. The number of hydrogen-bond donors (Lipinski definition) is 1. The molecule has 19 heavy (non-hydrogen) atoms. The maximum atomic E-state index is 12.0. The monoisotopic (exact) mass is 265 g/mol. The molecule has 1 saturated heterocycles. The third-order valence-corrected chi connectivity index (χ3v) is 2.89. The SMILES string of the molecule is Cc1ccc([N+](=O)[O-])c(NC(=O)N2CCOCC2)c1. The lowest BCUT2D eigenvalue weighted by atomic mass is 10.2. The summed E-state index contributed by atoms with van der Waals surface area (Å²) < 4.78 is 5.15.